The van der Waals surface area contributed by atoms with Crippen molar-refractivity contribution in [3.05, 3.63) is 15.8 Å². The Bertz CT molecular complexity index is 553. The van der Waals surface area contributed by atoms with Gasteiger partial charge < -0.3 is 10.2 Å². The highest BCUT2D eigenvalue weighted by Crippen LogP contribution is 2.30. The summed E-state index contributed by atoms with van der Waals surface area (Å²) in [5, 5.41) is 4.97. The minimum absolute atomic E-state index is 0.0586. The van der Waals surface area contributed by atoms with Gasteiger partial charge in [0.1, 0.15) is 4.90 Å². The predicted molar refractivity (Wildman–Crippen MR) is 89.4 cm³/mol. The Labute approximate surface area is 133 Å². The molecule has 0 aliphatic heterocycles. The van der Waals surface area contributed by atoms with Gasteiger partial charge in [-0.1, -0.05) is 6.92 Å². The zero-order valence-electron chi connectivity index (χ0n) is 13.8. The van der Waals surface area contributed by atoms with E-state index in [1.165, 1.54) is 11.3 Å². The maximum Gasteiger partial charge on any atom is 0.244 e. The molecular formula is C14H27N3O2S2. The van der Waals surface area contributed by atoms with Gasteiger partial charge in [-0.15, -0.1) is 11.3 Å². The van der Waals surface area contributed by atoms with E-state index < -0.39 is 10.0 Å². The molecule has 0 aromatic carbocycles. The summed E-state index contributed by atoms with van der Waals surface area (Å²) in [5.74, 6) is 0. The first-order chi connectivity index (χ1) is 9.75. The molecular weight excluding hydrogens is 306 g/mol. The molecule has 0 amide bonds. The van der Waals surface area contributed by atoms with E-state index in [-0.39, 0.29) is 6.04 Å². The molecule has 122 valence electrons. The molecule has 1 heterocycles. The summed E-state index contributed by atoms with van der Waals surface area (Å²) in [7, 11) is 2.29. The summed E-state index contributed by atoms with van der Waals surface area (Å²) >= 11 is 1.50. The van der Waals surface area contributed by atoms with E-state index in [1.54, 1.807) is 4.31 Å². The molecule has 1 atom stereocenters. The molecule has 1 N–H and O–H groups in total. The van der Waals surface area contributed by atoms with E-state index in [1.807, 2.05) is 52.2 Å². The van der Waals surface area contributed by atoms with Crippen LogP contribution in [0, 0.1) is 6.92 Å². The first-order valence-electron chi connectivity index (χ1n) is 7.13. The first-order valence-corrected chi connectivity index (χ1v) is 9.45. The molecule has 5 nitrogen and oxygen atoms in total. The summed E-state index contributed by atoms with van der Waals surface area (Å²) in [4.78, 5) is 3.37. The smallest absolute Gasteiger partial charge is 0.244 e. The van der Waals surface area contributed by atoms with Gasteiger partial charge in [0.05, 0.1) is 0 Å². The predicted octanol–water partition coefficient (Wildman–Crippen LogP) is 1.74. The van der Waals surface area contributed by atoms with E-state index in [0.717, 1.165) is 10.4 Å². The van der Waals surface area contributed by atoms with Crippen LogP contribution in [0.4, 0.5) is 0 Å². The van der Waals surface area contributed by atoms with Crippen molar-refractivity contribution in [2.45, 2.75) is 38.3 Å². The third-order valence-electron chi connectivity index (χ3n) is 3.33. The van der Waals surface area contributed by atoms with Crippen LogP contribution >= 0.6 is 11.3 Å². The lowest BCUT2D eigenvalue weighted by Crippen LogP contribution is -2.44. The van der Waals surface area contributed by atoms with Crippen molar-refractivity contribution in [3.63, 3.8) is 0 Å². The van der Waals surface area contributed by atoms with Gasteiger partial charge in [0.25, 0.3) is 0 Å². The fourth-order valence-electron chi connectivity index (χ4n) is 2.57. The highest BCUT2D eigenvalue weighted by Gasteiger charge is 2.32. The number of hydrogen-bond donors (Lipinski definition) is 1. The largest absolute Gasteiger partial charge is 0.315 e. The molecule has 0 radical (unpaired) electrons. The molecule has 0 aliphatic rings. The molecule has 1 aromatic heterocycles. The second kappa shape index (κ2) is 7.69. The van der Waals surface area contributed by atoms with Crippen molar-refractivity contribution < 1.29 is 8.42 Å². The lowest BCUT2D eigenvalue weighted by atomic mass is 10.3. The zero-order valence-corrected chi connectivity index (χ0v) is 15.4. The van der Waals surface area contributed by atoms with Gasteiger partial charge in [-0.25, -0.2) is 8.42 Å². The van der Waals surface area contributed by atoms with Crippen molar-refractivity contribution >= 4 is 21.4 Å². The van der Waals surface area contributed by atoms with Gasteiger partial charge in [-0.2, -0.15) is 4.31 Å². The quantitative estimate of drug-likeness (QED) is 0.787. The van der Waals surface area contributed by atoms with Gasteiger partial charge >= 0.3 is 0 Å². The van der Waals surface area contributed by atoms with Crippen LogP contribution < -0.4 is 5.32 Å². The lowest BCUT2D eigenvalue weighted by Gasteiger charge is -2.29. The second-order valence-corrected chi connectivity index (χ2v) is 8.31. The molecule has 21 heavy (non-hydrogen) atoms. The van der Waals surface area contributed by atoms with E-state index >= 15 is 0 Å². The fourth-order valence-corrected chi connectivity index (χ4v) is 5.98. The van der Waals surface area contributed by atoms with Gasteiger partial charge in [-0.3, -0.25) is 0 Å². The Morgan fingerprint density at radius 3 is 2.48 bits per heavy atom. The van der Waals surface area contributed by atoms with Crippen molar-refractivity contribution in [1.29, 1.82) is 0 Å². The minimum Gasteiger partial charge on any atom is -0.315 e. The highest BCUT2D eigenvalue weighted by molar-refractivity contribution is 7.89. The van der Waals surface area contributed by atoms with Gasteiger partial charge in [0.2, 0.25) is 10.0 Å². The molecule has 0 bridgehead atoms. The number of thiophene rings is 1. The van der Waals surface area contributed by atoms with Crippen molar-refractivity contribution in [3.8, 4) is 0 Å². The number of likely N-dealkylation sites (N-methyl/N-ethyl adjacent to an activating group) is 2. The molecule has 1 rings (SSSR count). The van der Waals surface area contributed by atoms with Crippen molar-refractivity contribution in [2.75, 3.05) is 34.2 Å². The molecule has 7 heteroatoms. The third-order valence-corrected chi connectivity index (χ3v) is 6.88. The van der Waals surface area contributed by atoms with Crippen LogP contribution in [0.3, 0.4) is 0 Å². The third kappa shape index (κ3) is 4.26. The summed E-state index contributed by atoms with van der Waals surface area (Å²) in [6.07, 6.45) is 0. The van der Waals surface area contributed by atoms with Crippen LogP contribution in [0.5, 0.6) is 0 Å². The number of hydrogen-bond acceptors (Lipinski definition) is 5. The van der Waals surface area contributed by atoms with Crippen LogP contribution in [0.2, 0.25) is 0 Å². The summed E-state index contributed by atoms with van der Waals surface area (Å²) < 4.78 is 27.7. The molecule has 0 aliphatic carbocycles. The molecule has 0 saturated carbocycles. The van der Waals surface area contributed by atoms with E-state index in [2.05, 4.69) is 5.32 Å². The van der Waals surface area contributed by atoms with Gasteiger partial charge in [-0.05, 0) is 45.9 Å². The standard InChI is InChI=1S/C14H27N3O2S2/c1-7-17(12(3)9-16(5)6)21(18,19)14-11(2)10-20-13(14)8-15-4/h10,12,15H,7-9H2,1-6H3. The maximum absolute atomic E-state index is 13.1. The average Bonchev–Trinajstić information content (AvgIpc) is 2.71. The number of rotatable bonds is 8. The van der Waals surface area contributed by atoms with E-state index in [0.29, 0.717) is 24.5 Å². The Morgan fingerprint density at radius 2 is 2.00 bits per heavy atom. The fraction of sp³-hybridized carbons (Fsp3) is 0.714. The molecule has 0 fully saturated rings. The topological polar surface area (TPSA) is 52.7 Å². The monoisotopic (exact) mass is 333 g/mol. The second-order valence-electron chi connectivity index (χ2n) is 5.52. The maximum atomic E-state index is 13.1. The van der Waals surface area contributed by atoms with Crippen molar-refractivity contribution in [1.82, 2.24) is 14.5 Å². The van der Waals surface area contributed by atoms with E-state index in [9.17, 15) is 8.42 Å². The van der Waals surface area contributed by atoms with Gasteiger partial charge in [0.15, 0.2) is 0 Å². The van der Waals surface area contributed by atoms with Crippen LogP contribution in [-0.2, 0) is 16.6 Å². The molecule has 1 aromatic rings. The van der Waals surface area contributed by atoms with E-state index in [4.69, 9.17) is 0 Å². The summed E-state index contributed by atoms with van der Waals surface area (Å²) in [5.41, 5.74) is 0.834. The lowest BCUT2D eigenvalue weighted by molar-refractivity contribution is 0.271. The van der Waals surface area contributed by atoms with Gasteiger partial charge in [0, 0.05) is 30.6 Å². The Morgan fingerprint density at radius 1 is 1.38 bits per heavy atom. The highest BCUT2D eigenvalue weighted by atomic mass is 32.2. The minimum atomic E-state index is -3.46. The first kappa shape index (κ1) is 18.6. The number of nitrogens with one attached hydrogen (secondary N) is 1. The van der Waals surface area contributed by atoms with Crippen LogP contribution in [-0.4, -0.2) is 57.9 Å². The number of sulfonamides is 1. The number of nitrogens with zero attached hydrogens (tertiary/aromatic N) is 2. The molecule has 1 unspecified atom stereocenters. The molecule has 0 spiro atoms. The Kier molecular flexibility index (Phi) is 6.80. The number of aryl methyl sites for hydroxylation is 1. The Hall–Kier alpha value is -0.470. The Balaban J connectivity index is 3.22. The zero-order chi connectivity index (χ0) is 16.2. The SMILES string of the molecule is CCN(C(C)CN(C)C)S(=O)(=O)c1c(C)csc1CNC. The van der Waals surface area contributed by atoms with Crippen LogP contribution in [0.15, 0.2) is 10.3 Å². The van der Waals surface area contributed by atoms with Crippen molar-refractivity contribution in [2.24, 2.45) is 0 Å². The van der Waals surface area contributed by atoms with Crippen LogP contribution in [0.25, 0.3) is 0 Å². The van der Waals surface area contributed by atoms with Crippen LogP contribution in [0.1, 0.15) is 24.3 Å². The normalized spacial score (nSPS) is 14.1. The molecule has 0 saturated heterocycles. The summed E-state index contributed by atoms with van der Waals surface area (Å²) in [6, 6.07) is -0.0586. The average molecular weight is 334 g/mol. The summed E-state index contributed by atoms with van der Waals surface area (Å²) in [6.45, 7) is 7.48.